The highest BCUT2D eigenvalue weighted by Gasteiger charge is 2.32. The van der Waals surface area contributed by atoms with E-state index in [0.717, 1.165) is 65.2 Å². The highest BCUT2D eigenvalue weighted by Crippen LogP contribution is 2.33. The number of likely N-dealkylation sites (tertiary alicyclic amines) is 1. The normalized spacial score (nSPS) is 22.8. The highest BCUT2D eigenvalue weighted by atomic mass is 35.5. The fourth-order valence-electron chi connectivity index (χ4n) is 6.52. The molecule has 0 aliphatic carbocycles. The van der Waals surface area contributed by atoms with E-state index < -0.39 is 5.92 Å². The number of aryl methyl sites for hydroxylation is 1. The van der Waals surface area contributed by atoms with Gasteiger partial charge in [0.2, 0.25) is 17.7 Å². The Bertz CT molecular complexity index is 1740. The third-order valence-electron chi connectivity index (χ3n) is 8.96. The van der Waals surface area contributed by atoms with E-state index in [4.69, 9.17) is 11.6 Å². The minimum absolute atomic E-state index is 0.0896. The molecule has 0 saturated carbocycles. The number of hydrogen-bond acceptors (Lipinski definition) is 9. The van der Waals surface area contributed by atoms with Crippen LogP contribution in [0, 0.1) is 0 Å². The van der Waals surface area contributed by atoms with Crippen LogP contribution in [-0.4, -0.2) is 71.1 Å². The molecule has 1 aromatic heterocycles. The van der Waals surface area contributed by atoms with Gasteiger partial charge in [0.05, 0.1) is 28.6 Å². The van der Waals surface area contributed by atoms with Gasteiger partial charge in [-0.3, -0.25) is 34.3 Å². The molecule has 2 fully saturated rings. The topological polar surface area (TPSA) is 136 Å². The molecule has 3 amide bonds. The van der Waals surface area contributed by atoms with Crippen LogP contribution in [0.4, 0.5) is 17.1 Å². The first-order valence-corrected chi connectivity index (χ1v) is 15.3. The number of nitrogens with zero attached hydrogens (tertiary/aromatic N) is 5. The van der Waals surface area contributed by atoms with Crippen LogP contribution >= 0.6 is 11.6 Å². The van der Waals surface area contributed by atoms with Gasteiger partial charge in [-0.2, -0.15) is 5.10 Å². The number of aliphatic imine (C=N–C) groups is 1. The molecule has 4 aliphatic rings. The van der Waals surface area contributed by atoms with Crippen LogP contribution < -0.4 is 26.2 Å². The molecule has 0 bridgehead atoms. The Kier molecular flexibility index (Phi) is 7.25. The van der Waals surface area contributed by atoms with Gasteiger partial charge in [0, 0.05) is 68.3 Å². The fraction of sp³-hybridized carbons (Fsp3) is 0.387. The van der Waals surface area contributed by atoms with Crippen molar-refractivity contribution in [1.82, 2.24) is 25.3 Å². The van der Waals surface area contributed by atoms with Crippen molar-refractivity contribution >= 4 is 63.5 Å². The molecular formula is C31H34ClN9O3. The molecule has 2 saturated heterocycles. The number of imide groups is 1. The largest absolute Gasteiger partial charge is 0.382 e. The third kappa shape index (κ3) is 5.28. The van der Waals surface area contributed by atoms with Crippen LogP contribution in [0.3, 0.4) is 0 Å². The lowest BCUT2D eigenvalue weighted by atomic mass is 9.93. The van der Waals surface area contributed by atoms with Crippen LogP contribution in [-0.2, 0) is 27.9 Å². The molecule has 0 radical (unpaired) electrons. The third-order valence-corrected chi connectivity index (χ3v) is 9.25. The van der Waals surface area contributed by atoms with Crippen molar-refractivity contribution in [3.63, 3.8) is 0 Å². The molecule has 4 aliphatic heterocycles. The number of benzene rings is 2. The summed E-state index contributed by atoms with van der Waals surface area (Å²) in [6, 6.07) is 12.3. The molecule has 0 spiro atoms. The van der Waals surface area contributed by atoms with E-state index in [1.54, 1.807) is 22.8 Å². The Balaban J connectivity index is 0.960. The number of halogens is 1. The van der Waals surface area contributed by atoms with Crippen molar-refractivity contribution in [1.29, 1.82) is 0 Å². The number of fused-ring (bicyclic) bond motifs is 2. The van der Waals surface area contributed by atoms with E-state index in [0.29, 0.717) is 36.2 Å². The number of likely N-dealkylation sites (N-methyl/N-ethyl adjacent to an activating group) is 1. The maximum Gasteiger partial charge on any atom is 0.235 e. The molecule has 2 atom stereocenters. The van der Waals surface area contributed by atoms with E-state index in [-0.39, 0.29) is 24.0 Å². The molecule has 5 heterocycles. The van der Waals surface area contributed by atoms with Crippen molar-refractivity contribution in [3.8, 4) is 0 Å². The predicted octanol–water partition coefficient (Wildman–Crippen LogP) is 2.97. The fourth-order valence-corrected chi connectivity index (χ4v) is 6.68. The number of amides is 3. The second-order valence-electron chi connectivity index (χ2n) is 11.8. The average Bonchev–Trinajstić information content (AvgIpc) is 3.48. The summed E-state index contributed by atoms with van der Waals surface area (Å²) in [5.74, 6) is -0.147. The minimum Gasteiger partial charge on any atom is -0.382 e. The number of nitrogens with one attached hydrogen (secondary N) is 4. The number of piperidine rings is 2. The van der Waals surface area contributed by atoms with Gasteiger partial charge >= 0.3 is 0 Å². The molecule has 13 heteroatoms. The van der Waals surface area contributed by atoms with E-state index >= 15 is 0 Å². The Labute approximate surface area is 259 Å². The number of carbonyl (C=O) groups is 3. The zero-order valence-corrected chi connectivity index (χ0v) is 25.3. The standard InChI is InChI=1S/C31H34ClN9O3/c1-39-24-7-4-19(13-17(24)14-27(39)43)35-29-23(32)16-33-31(37-29)41-11-9-18(10-12-41)34-20-3-5-21-25(15-20)40(2)38-28(21)22-6-8-26(42)36-30(22)44/h3-5,7,13,15-16,18,22,31,34-35,37H,6,8-12,14H2,1-2H3,(H,36,42,44). The van der Waals surface area contributed by atoms with Crippen molar-refractivity contribution in [2.24, 2.45) is 12.0 Å². The molecular weight excluding hydrogens is 582 g/mol. The van der Waals surface area contributed by atoms with Crippen LogP contribution in [0.15, 0.2) is 52.2 Å². The molecule has 12 nitrogen and oxygen atoms in total. The van der Waals surface area contributed by atoms with Crippen LogP contribution in [0.25, 0.3) is 10.9 Å². The van der Waals surface area contributed by atoms with Crippen molar-refractivity contribution in [3.05, 3.63) is 58.5 Å². The molecule has 4 N–H and O–H groups in total. The summed E-state index contributed by atoms with van der Waals surface area (Å²) < 4.78 is 1.81. The summed E-state index contributed by atoms with van der Waals surface area (Å²) in [5, 5.41) is 19.0. The van der Waals surface area contributed by atoms with Crippen molar-refractivity contribution in [2.75, 3.05) is 35.7 Å². The van der Waals surface area contributed by atoms with Crippen LogP contribution in [0.1, 0.15) is 42.9 Å². The SMILES string of the molecule is CN1C(=O)Cc2cc(NC3=C(Cl)C=NC(N4CCC(Nc5ccc6c(C7CCC(=O)NC7=O)nn(C)c6c5)CC4)N3)ccc21. The Hall–Kier alpha value is -4.42. The van der Waals surface area contributed by atoms with Gasteiger partial charge in [0.25, 0.3) is 0 Å². The number of aromatic nitrogens is 2. The van der Waals surface area contributed by atoms with Gasteiger partial charge in [-0.15, -0.1) is 0 Å². The first-order valence-electron chi connectivity index (χ1n) is 14.9. The Morgan fingerprint density at radius 1 is 1.00 bits per heavy atom. The van der Waals surface area contributed by atoms with Gasteiger partial charge < -0.3 is 20.9 Å². The summed E-state index contributed by atoms with van der Waals surface area (Å²) >= 11 is 6.50. The quantitative estimate of drug-likeness (QED) is 0.311. The van der Waals surface area contributed by atoms with Gasteiger partial charge in [0.1, 0.15) is 5.82 Å². The number of allylic oxidation sites excluding steroid dienone is 1. The van der Waals surface area contributed by atoms with Gasteiger partial charge in [0.15, 0.2) is 6.29 Å². The predicted molar refractivity (Wildman–Crippen MR) is 170 cm³/mol. The Morgan fingerprint density at radius 2 is 1.80 bits per heavy atom. The number of hydrogen-bond donors (Lipinski definition) is 4. The highest BCUT2D eigenvalue weighted by molar-refractivity contribution is 6.40. The smallest absolute Gasteiger partial charge is 0.235 e. The van der Waals surface area contributed by atoms with Crippen LogP contribution in [0.2, 0.25) is 0 Å². The summed E-state index contributed by atoms with van der Waals surface area (Å²) in [6.07, 6.45) is 4.52. The molecule has 2 aromatic carbocycles. The number of anilines is 3. The number of rotatable bonds is 6. The molecule has 228 valence electrons. The van der Waals surface area contributed by atoms with E-state index in [9.17, 15) is 14.4 Å². The Morgan fingerprint density at radius 3 is 2.59 bits per heavy atom. The first-order chi connectivity index (χ1) is 21.2. The lowest BCUT2D eigenvalue weighted by molar-refractivity contribution is -0.134. The van der Waals surface area contributed by atoms with Crippen molar-refractivity contribution in [2.45, 2.75) is 50.4 Å². The molecule has 2 unspecified atom stereocenters. The van der Waals surface area contributed by atoms with Gasteiger partial charge in [-0.05, 0) is 61.2 Å². The van der Waals surface area contributed by atoms with Crippen molar-refractivity contribution < 1.29 is 14.4 Å². The minimum atomic E-state index is -0.419. The van der Waals surface area contributed by atoms with E-state index in [2.05, 4.69) is 42.3 Å². The van der Waals surface area contributed by atoms with E-state index in [1.165, 1.54) is 0 Å². The molecule has 7 rings (SSSR count). The zero-order chi connectivity index (χ0) is 30.5. The van der Waals surface area contributed by atoms with Crippen LogP contribution in [0.5, 0.6) is 0 Å². The summed E-state index contributed by atoms with van der Waals surface area (Å²) in [4.78, 5) is 44.8. The summed E-state index contributed by atoms with van der Waals surface area (Å²) in [5.41, 5.74) is 5.45. The lowest BCUT2D eigenvalue weighted by Gasteiger charge is -2.38. The van der Waals surface area contributed by atoms with E-state index in [1.807, 2.05) is 37.4 Å². The average molecular weight is 616 g/mol. The number of carbonyl (C=O) groups excluding carboxylic acids is 3. The zero-order valence-electron chi connectivity index (χ0n) is 24.6. The summed E-state index contributed by atoms with van der Waals surface area (Å²) in [6.45, 7) is 1.69. The second-order valence-corrected chi connectivity index (χ2v) is 12.2. The second kappa shape index (κ2) is 11.3. The van der Waals surface area contributed by atoms with Gasteiger partial charge in [-0.1, -0.05) is 11.6 Å². The van der Waals surface area contributed by atoms with Gasteiger partial charge in [-0.25, -0.2) is 0 Å². The first kappa shape index (κ1) is 28.4. The monoisotopic (exact) mass is 615 g/mol. The lowest BCUT2D eigenvalue weighted by Crippen LogP contribution is -2.51. The maximum absolute atomic E-state index is 12.5. The summed E-state index contributed by atoms with van der Waals surface area (Å²) in [7, 11) is 3.68. The maximum atomic E-state index is 12.5. The molecule has 44 heavy (non-hydrogen) atoms. The molecule has 3 aromatic rings.